The second-order valence-electron chi connectivity index (χ2n) is 4.14. The van der Waals surface area contributed by atoms with Gasteiger partial charge in [-0.05, 0) is 6.92 Å². The lowest BCUT2D eigenvalue weighted by atomic mass is 9.86. The Labute approximate surface area is 104 Å². The summed E-state index contributed by atoms with van der Waals surface area (Å²) in [4.78, 5) is 21.6. The summed E-state index contributed by atoms with van der Waals surface area (Å²) in [5.41, 5.74) is 9.26. The maximum absolute atomic E-state index is 11.3. The number of rotatable bonds is 5. The van der Waals surface area contributed by atoms with Crippen LogP contribution in [0.1, 0.15) is 12.5 Å². The number of primary amides is 1. The Morgan fingerprint density at radius 2 is 2.11 bits per heavy atom. The van der Waals surface area contributed by atoms with Crippen molar-refractivity contribution >= 4 is 11.6 Å². The van der Waals surface area contributed by atoms with E-state index in [0.29, 0.717) is 0 Å². The van der Waals surface area contributed by atoms with Gasteiger partial charge in [-0.15, -0.1) is 0 Å². The van der Waals surface area contributed by atoms with Crippen LogP contribution in [0, 0.1) is 10.1 Å². The highest BCUT2D eigenvalue weighted by Gasteiger charge is 2.39. The predicted molar refractivity (Wildman–Crippen MR) is 64.6 cm³/mol. The smallest absolute Gasteiger partial charge is 0.272 e. The Morgan fingerprint density at radius 3 is 2.56 bits per heavy atom. The fourth-order valence-electron chi connectivity index (χ4n) is 1.59. The van der Waals surface area contributed by atoms with E-state index < -0.39 is 22.5 Å². The van der Waals surface area contributed by atoms with Crippen LogP contribution in [0.4, 0.5) is 5.69 Å². The molecule has 2 atom stereocenters. The Hall–Kier alpha value is -1.99. The van der Waals surface area contributed by atoms with Crippen LogP contribution in [0.5, 0.6) is 0 Å². The topological polar surface area (TPSA) is 132 Å². The first kappa shape index (κ1) is 14.1. The van der Waals surface area contributed by atoms with Gasteiger partial charge in [0.2, 0.25) is 5.91 Å². The van der Waals surface area contributed by atoms with Crippen LogP contribution in [0.25, 0.3) is 0 Å². The molecule has 1 rings (SSSR count). The molecule has 0 heterocycles. The molecule has 98 valence electrons. The number of nitrogens with two attached hydrogens (primary N) is 2. The van der Waals surface area contributed by atoms with Crippen molar-refractivity contribution < 1.29 is 14.8 Å². The van der Waals surface area contributed by atoms with E-state index >= 15 is 0 Å². The first-order valence-electron chi connectivity index (χ1n) is 5.28. The van der Waals surface area contributed by atoms with Crippen LogP contribution in [-0.2, 0) is 11.2 Å². The molecule has 0 bridgehead atoms. The van der Waals surface area contributed by atoms with Gasteiger partial charge in [0.1, 0.15) is 5.54 Å². The van der Waals surface area contributed by atoms with Crippen molar-refractivity contribution in [3.63, 3.8) is 0 Å². The second-order valence-corrected chi connectivity index (χ2v) is 4.14. The van der Waals surface area contributed by atoms with Crippen LogP contribution in [0.2, 0.25) is 0 Å². The molecule has 1 aromatic carbocycles. The number of hydrogen-bond acceptors (Lipinski definition) is 5. The molecule has 7 heteroatoms. The number of aliphatic hydroxyl groups excluding tert-OH is 1. The first-order valence-corrected chi connectivity index (χ1v) is 5.28. The number of carbonyl (C=O) groups is 1. The number of nitro benzene ring substituents is 1. The monoisotopic (exact) mass is 253 g/mol. The minimum atomic E-state index is -1.73. The highest BCUT2D eigenvalue weighted by molar-refractivity contribution is 5.85. The van der Waals surface area contributed by atoms with Crippen LogP contribution in [0.15, 0.2) is 24.3 Å². The lowest BCUT2D eigenvalue weighted by Crippen LogP contribution is -2.60. The van der Waals surface area contributed by atoms with E-state index in [-0.39, 0.29) is 17.7 Å². The van der Waals surface area contributed by atoms with Crippen molar-refractivity contribution in [3.8, 4) is 0 Å². The number of benzene rings is 1. The van der Waals surface area contributed by atoms with Gasteiger partial charge in [-0.2, -0.15) is 0 Å². The van der Waals surface area contributed by atoms with Crippen LogP contribution in [-0.4, -0.2) is 27.6 Å². The lowest BCUT2D eigenvalue weighted by molar-refractivity contribution is -0.385. The van der Waals surface area contributed by atoms with E-state index in [1.165, 1.54) is 25.1 Å². The van der Waals surface area contributed by atoms with E-state index in [2.05, 4.69) is 0 Å². The number of nitro groups is 1. The molecule has 1 aromatic rings. The molecule has 0 spiro atoms. The van der Waals surface area contributed by atoms with E-state index in [0.717, 1.165) is 0 Å². The quantitative estimate of drug-likeness (QED) is 0.489. The van der Waals surface area contributed by atoms with Gasteiger partial charge < -0.3 is 16.6 Å². The first-order chi connectivity index (χ1) is 8.29. The van der Waals surface area contributed by atoms with E-state index in [1.54, 1.807) is 6.07 Å². The summed E-state index contributed by atoms with van der Waals surface area (Å²) in [6.45, 7) is 1.32. The molecule has 0 aromatic heterocycles. The van der Waals surface area contributed by atoms with Crippen molar-refractivity contribution in [2.75, 3.05) is 0 Å². The molecule has 7 nitrogen and oxygen atoms in total. The van der Waals surface area contributed by atoms with Crippen molar-refractivity contribution in [2.24, 2.45) is 11.5 Å². The molecular weight excluding hydrogens is 238 g/mol. The van der Waals surface area contributed by atoms with E-state index in [9.17, 15) is 20.0 Å². The van der Waals surface area contributed by atoms with Crippen molar-refractivity contribution in [2.45, 2.75) is 25.0 Å². The van der Waals surface area contributed by atoms with Gasteiger partial charge >= 0.3 is 0 Å². The SMILES string of the molecule is C[C@@H](O)[C@@](N)(Cc1ccccc1[N+](=O)[O-])C(N)=O. The van der Waals surface area contributed by atoms with Crippen LogP contribution >= 0.6 is 0 Å². The average Bonchev–Trinajstić information content (AvgIpc) is 2.28. The van der Waals surface area contributed by atoms with Crippen LogP contribution in [0.3, 0.4) is 0 Å². The third-order valence-corrected chi connectivity index (χ3v) is 2.88. The zero-order valence-corrected chi connectivity index (χ0v) is 9.87. The van der Waals surface area contributed by atoms with Gasteiger partial charge in [-0.3, -0.25) is 14.9 Å². The largest absolute Gasteiger partial charge is 0.391 e. The second kappa shape index (κ2) is 5.11. The normalized spacial score (nSPS) is 15.7. The Morgan fingerprint density at radius 1 is 1.56 bits per heavy atom. The number of aliphatic hydroxyl groups is 1. The van der Waals surface area contributed by atoms with Crippen molar-refractivity contribution in [1.82, 2.24) is 0 Å². The minimum Gasteiger partial charge on any atom is -0.391 e. The number of nitrogens with zero attached hydrogens (tertiary/aromatic N) is 1. The summed E-state index contributed by atoms with van der Waals surface area (Å²) in [7, 11) is 0. The standard InChI is InChI=1S/C11H15N3O4/c1-7(15)11(13,10(12)16)6-8-4-2-3-5-9(8)14(17)18/h2-5,7,15H,6,13H2,1H3,(H2,12,16)/t7-,11+/m1/s1. The van der Waals surface area contributed by atoms with Gasteiger partial charge in [0, 0.05) is 18.1 Å². The summed E-state index contributed by atoms with van der Waals surface area (Å²) < 4.78 is 0. The number of amides is 1. The maximum Gasteiger partial charge on any atom is 0.272 e. The molecule has 0 unspecified atom stereocenters. The zero-order chi connectivity index (χ0) is 13.9. The molecule has 0 radical (unpaired) electrons. The molecule has 1 amide bonds. The molecule has 5 N–H and O–H groups in total. The minimum absolute atomic E-state index is 0.158. The molecule has 0 fully saturated rings. The Bertz CT molecular complexity index is 475. The van der Waals surface area contributed by atoms with Crippen LogP contribution < -0.4 is 11.5 Å². The number of hydrogen-bond donors (Lipinski definition) is 3. The highest BCUT2D eigenvalue weighted by atomic mass is 16.6. The molecule has 0 aliphatic heterocycles. The summed E-state index contributed by atoms with van der Waals surface area (Å²) in [6, 6.07) is 5.88. The highest BCUT2D eigenvalue weighted by Crippen LogP contribution is 2.23. The summed E-state index contributed by atoms with van der Waals surface area (Å²) in [5.74, 6) is -0.907. The molecule has 0 saturated heterocycles. The van der Waals surface area contributed by atoms with Gasteiger partial charge in [0.15, 0.2) is 0 Å². The third-order valence-electron chi connectivity index (χ3n) is 2.88. The molecule has 0 aliphatic carbocycles. The maximum atomic E-state index is 11.3. The van der Waals surface area contributed by atoms with Gasteiger partial charge in [-0.1, -0.05) is 18.2 Å². The van der Waals surface area contributed by atoms with E-state index in [1.807, 2.05) is 0 Å². The van der Waals surface area contributed by atoms with Gasteiger partial charge in [-0.25, -0.2) is 0 Å². The fourth-order valence-corrected chi connectivity index (χ4v) is 1.59. The lowest BCUT2D eigenvalue weighted by Gasteiger charge is -2.28. The summed E-state index contributed by atoms with van der Waals surface area (Å²) in [6.07, 6.45) is -1.41. The molecular formula is C11H15N3O4. The number of carbonyl (C=O) groups excluding carboxylic acids is 1. The fraction of sp³-hybridized carbons (Fsp3) is 0.364. The number of para-hydroxylation sites is 1. The summed E-state index contributed by atoms with van der Waals surface area (Å²) >= 11 is 0. The molecule has 0 aliphatic rings. The average molecular weight is 253 g/mol. The molecule has 18 heavy (non-hydrogen) atoms. The zero-order valence-electron chi connectivity index (χ0n) is 9.87. The Kier molecular flexibility index (Phi) is 4.00. The van der Waals surface area contributed by atoms with Gasteiger partial charge in [0.05, 0.1) is 11.0 Å². The van der Waals surface area contributed by atoms with Gasteiger partial charge in [0.25, 0.3) is 5.69 Å². The Balaban J connectivity index is 3.17. The molecule has 0 saturated carbocycles. The summed E-state index contributed by atoms with van der Waals surface area (Å²) in [5, 5.41) is 20.4. The van der Waals surface area contributed by atoms with E-state index in [4.69, 9.17) is 11.5 Å². The van der Waals surface area contributed by atoms with Crippen molar-refractivity contribution in [3.05, 3.63) is 39.9 Å². The predicted octanol–water partition coefficient (Wildman–Crippen LogP) is -0.299. The van der Waals surface area contributed by atoms with Crippen molar-refractivity contribution in [1.29, 1.82) is 0 Å². The third kappa shape index (κ3) is 2.63.